The van der Waals surface area contributed by atoms with Gasteiger partial charge in [0.15, 0.2) is 0 Å². The molecule has 1 saturated carbocycles. The van der Waals surface area contributed by atoms with Gasteiger partial charge in [0.25, 0.3) is 0 Å². The number of aromatic nitrogens is 2. The summed E-state index contributed by atoms with van der Waals surface area (Å²) in [5, 5.41) is 4.19. The van der Waals surface area contributed by atoms with Crippen LogP contribution in [0.1, 0.15) is 12.8 Å². The average Bonchev–Trinajstić information content (AvgIpc) is 2.93. The van der Waals surface area contributed by atoms with E-state index in [2.05, 4.69) is 17.0 Å². The summed E-state index contributed by atoms with van der Waals surface area (Å²) in [5.41, 5.74) is 5.80. The van der Waals surface area contributed by atoms with Crippen molar-refractivity contribution in [3.8, 4) is 0 Å². The number of nitrogens with zero attached hydrogens (tertiary/aromatic N) is 3. The van der Waals surface area contributed by atoms with Gasteiger partial charge < -0.3 is 10.6 Å². The van der Waals surface area contributed by atoms with Gasteiger partial charge in [0.2, 0.25) is 0 Å². The van der Waals surface area contributed by atoms with E-state index in [0.29, 0.717) is 6.04 Å². The minimum absolute atomic E-state index is 0.570. The van der Waals surface area contributed by atoms with Gasteiger partial charge in [0.05, 0.1) is 6.54 Å². The summed E-state index contributed by atoms with van der Waals surface area (Å²) in [6, 6.07) is 2.53. The molecule has 0 saturated heterocycles. The van der Waals surface area contributed by atoms with E-state index in [4.69, 9.17) is 5.73 Å². The number of nitrogens with two attached hydrogens (primary N) is 1. The predicted molar refractivity (Wildman–Crippen MR) is 60.4 cm³/mol. The lowest BCUT2D eigenvalue weighted by molar-refractivity contribution is 0.213. The molecule has 0 aliphatic heterocycles. The third kappa shape index (κ3) is 2.79. The van der Waals surface area contributed by atoms with Crippen LogP contribution in [0.4, 0.5) is 0 Å². The van der Waals surface area contributed by atoms with E-state index >= 15 is 0 Å². The summed E-state index contributed by atoms with van der Waals surface area (Å²) in [5.74, 6) is 0.845. The Morgan fingerprint density at radius 1 is 1.60 bits per heavy atom. The minimum Gasteiger partial charge on any atom is -0.329 e. The van der Waals surface area contributed by atoms with Crippen LogP contribution < -0.4 is 5.73 Å². The highest BCUT2D eigenvalue weighted by Crippen LogP contribution is 2.34. The largest absolute Gasteiger partial charge is 0.329 e. The van der Waals surface area contributed by atoms with Crippen molar-refractivity contribution in [3.05, 3.63) is 18.5 Å². The molecule has 0 spiro atoms. The Bertz CT molecular complexity index is 279. The van der Waals surface area contributed by atoms with Crippen LogP contribution in [0.3, 0.4) is 0 Å². The van der Waals surface area contributed by atoms with Crippen LogP contribution >= 0.6 is 0 Å². The maximum atomic E-state index is 5.80. The topological polar surface area (TPSA) is 47.1 Å². The number of hydrogen-bond acceptors (Lipinski definition) is 3. The Morgan fingerprint density at radius 2 is 2.40 bits per heavy atom. The standard InChI is InChI=1S/C11H20N4/c1-14(11(9-12)10-3-4-10)7-8-15-6-2-5-13-15/h2,5-6,10-11H,3-4,7-9,12H2,1H3. The molecular formula is C11H20N4. The van der Waals surface area contributed by atoms with Gasteiger partial charge in [-0.3, -0.25) is 4.68 Å². The van der Waals surface area contributed by atoms with Crippen molar-refractivity contribution in [2.24, 2.45) is 11.7 Å². The van der Waals surface area contributed by atoms with Crippen LogP contribution in [0, 0.1) is 5.92 Å². The molecule has 1 fully saturated rings. The van der Waals surface area contributed by atoms with Crippen LogP contribution in [0.25, 0.3) is 0 Å². The van der Waals surface area contributed by atoms with Crippen molar-refractivity contribution >= 4 is 0 Å². The van der Waals surface area contributed by atoms with E-state index in [1.165, 1.54) is 12.8 Å². The lowest BCUT2D eigenvalue weighted by Crippen LogP contribution is -2.41. The molecule has 1 aliphatic rings. The first-order valence-corrected chi connectivity index (χ1v) is 5.69. The zero-order valence-electron chi connectivity index (χ0n) is 9.34. The van der Waals surface area contributed by atoms with E-state index in [1.807, 2.05) is 23.1 Å². The number of hydrogen-bond donors (Lipinski definition) is 1. The molecule has 1 aromatic rings. The summed E-state index contributed by atoms with van der Waals surface area (Å²) in [6.45, 7) is 2.76. The van der Waals surface area contributed by atoms with Gasteiger partial charge in [-0.2, -0.15) is 5.10 Å². The van der Waals surface area contributed by atoms with Gasteiger partial charge in [-0.05, 0) is 31.9 Å². The molecule has 1 heterocycles. The normalized spacial score (nSPS) is 18.3. The molecule has 2 rings (SSSR count). The summed E-state index contributed by atoms with van der Waals surface area (Å²) in [7, 11) is 2.17. The zero-order valence-corrected chi connectivity index (χ0v) is 9.34. The second-order valence-corrected chi connectivity index (χ2v) is 4.39. The van der Waals surface area contributed by atoms with E-state index in [1.54, 1.807) is 0 Å². The highest BCUT2D eigenvalue weighted by Gasteiger charge is 2.32. The Kier molecular flexibility index (Phi) is 3.38. The third-order valence-electron chi connectivity index (χ3n) is 3.21. The minimum atomic E-state index is 0.570. The van der Waals surface area contributed by atoms with Crippen LogP contribution in [-0.2, 0) is 6.54 Å². The van der Waals surface area contributed by atoms with Crippen molar-refractivity contribution in [3.63, 3.8) is 0 Å². The molecule has 1 atom stereocenters. The zero-order chi connectivity index (χ0) is 10.7. The lowest BCUT2D eigenvalue weighted by Gasteiger charge is -2.26. The van der Waals surface area contributed by atoms with Crippen LogP contribution in [0.15, 0.2) is 18.5 Å². The first-order valence-electron chi connectivity index (χ1n) is 5.69. The maximum Gasteiger partial charge on any atom is 0.0536 e. The van der Waals surface area contributed by atoms with Gasteiger partial charge >= 0.3 is 0 Å². The molecule has 0 amide bonds. The molecule has 84 valence electrons. The predicted octanol–water partition coefficient (Wildman–Crippen LogP) is 0.552. The molecule has 1 unspecified atom stereocenters. The molecule has 1 aromatic heterocycles. The van der Waals surface area contributed by atoms with Crippen LogP contribution in [0.5, 0.6) is 0 Å². The monoisotopic (exact) mass is 208 g/mol. The summed E-state index contributed by atoms with van der Waals surface area (Å²) >= 11 is 0. The molecule has 4 nitrogen and oxygen atoms in total. The van der Waals surface area contributed by atoms with E-state index in [0.717, 1.165) is 25.6 Å². The first kappa shape index (κ1) is 10.6. The van der Waals surface area contributed by atoms with Crippen LogP contribution in [-0.4, -0.2) is 40.9 Å². The SMILES string of the molecule is CN(CCn1cccn1)C(CN)C1CC1. The summed E-state index contributed by atoms with van der Waals surface area (Å²) < 4.78 is 1.97. The summed E-state index contributed by atoms with van der Waals surface area (Å²) in [4.78, 5) is 2.37. The lowest BCUT2D eigenvalue weighted by atomic mass is 10.1. The highest BCUT2D eigenvalue weighted by molar-refractivity contribution is 4.88. The molecule has 1 aliphatic carbocycles. The average molecular weight is 208 g/mol. The van der Waals surface area contributed by atoms with Crippen molar-refractivity contribution in [1.82, 2.24) is 14.7 Å². The summed E-state index contributed by atoms with van der Waals surface area (Å²) in [6.07, 6.45) is 6.53. The third-order valence-corrected chi connectivity index (χ3v) is 3.21. The van der Waals surface area contributed by atoms with Gasteiger partial charge in [0, 0.05) is 31.5 Å². The Balaban J connectivity index is 1.77. The van der Waals surface area contributed by atoms with E-state index in [9.17, 15) is 0 Å². The number of likely N-dealkylation sites (N-methyl/N-ethyl adjacent to an activating group) is 1. The van der Waals surface area contributed by atoms with Crippen LogP contribution in [0.2, 0.25) is 0 Å². The fourth-order valence-electron chi connectivity index (χ4n) is 2.07. The van der Waals surface area contributed by atoms with Crippen molar-refractivity contribution in [2.45, 2.75) is 25.4 Å². The van der Waals surface area contributed by atoms with Gasteiger partial charge in [0.1, 0.15) is 0 Å². The van der Waals surface area contributed by atoms with Gasteiger partial charge in [-0.1, -0.05) is 0 Å². The molecule has 2 N–H and O–H groups in total. The second kappa shape index (κ2) is 4.77. The second-order valence-electron chi connectivity index (χ2n) is 4.39. The molecule has 0 radical (unpaired) electrons. The van der Waals surface area contributed by atoms with Gasteiger partial charge in [-0.15, -0.1) is 0 Å². The van der Waals surface area contributed by atoms with Crippen molar-refractivity contribution < 1.29 is 0 Å². The molecule has 15 heavy (non-hydrogen) atoms. The quantitative estimate of drug-likeness (QED) is 0.742. The first-order chi connectivity index (χ1) is 7.31. The molecule has 4 heteroatoms. The fraction of sp³-hybridized carbons (Fsp3) is 0.727. The van der Waals surface area contributed by atoms with Gasteiger partial charge in [-0.25, -0.2) is 0 Å². The van der Waals surface area contributed by atoms with E-state index in [-0.39, 0.29) is 0 Å². The fourth-order valence-corrected chi connectivity index (χ4v) is 2.07. The maximum absolute atomic E-state index is 5.80. The smallest absolute Gasteiger partial charge is 0.0536 e. The molecule has 0 bridgehead atoms. The van der Waals surface area contributed by atoms with E-state index < -0.39 is 0 Å². The molecule has 0 aromatic carbocycles. The Morgan fingerprint density at radius 3 is 2.93 bits per heavy atom. The molecular weight excluding hydrogens is 188 g/mol. The van der Waals surface area contributed by atoms with Crippen molar-refractivity contribution in [2.75, 3.05) is 20.1 Å². The Labute approximate surface area is 91.1 Å². The highest BCUT2D eigenvalue weighted by atomic mass is 15.3. The van der Waals surface area contributed by atoms with Crippen molar-refractivity contribution in [1.29, 1.82) is 0 Å². The Hall–Kier alpha value is -0.870. The number of rotatable bonds is 6.